The summed E-state index contributed by atoms with van der Waals surface area (Å²) >= 11 is 0. The first-order chi connectivity index (χ1) is 7.90. The summed E-state index contributed by atoms with van der Waals surface area (Å²) in [7, 11) is 0. The molecule has 0 spiro atoms. The summed E-state index contributed by atoms with van der Waals surface area (Å²) in [6, 6.07) is 5.53. The molecule has 0 aliphatic heterocycles. The molecule has 0 saturated heterocycles. The Kier molecular flexibility index (Phi) is 4.37. The van der Waals surface area contributed by atoms with Crippen molar-refractivity contribution in [2.45, 2.75) is 27.2 Å². The largest absolute Gasteiger partial charge is 0.294 e. The van der Waals surface area contributed by atoms with Crippen LogP contribution in [0.15, 0.2) is 18.2 Å². The van der Waals surface area contributed by atoms with E-state index in [9.17, 15) is 14.9 Å². The highest BCUT2D eigenvalue weighted by molar-refractivity contribution is 5.96. The van der Waals surface area contributed by atoms with E-state index < -0.39 is 0 Å². The molecule has 0 amide bonds. The molecule has 0 aliphatic rings. The Bertz CT molecular complexity index is 440. The molecule has 0 radical (unpaired) electrons. The molecule has 1 rings (SSSR count). The number of ketones is 1. The number of nitro groups is 1. The van der Waals surface area contributed by atoms with E-state index in [1.54, 1.807) is 13.0 Å². The van der Waals surface area contributed by atoms with E-state index in [-0.39, 0.29) is 29.6 Å². The van der Waals surface area contributed by atoms with Crippen molar-refractivity contribution < 1.29 is 9.72 Å². The van der Waals surface area contributed by atoms with Crippen molar-refractivity contribution in [1.82, 2.24) is 0 Å². The molecule has 0 aromatic heterocycles. The number of nitrogens with zero attached hydrogens (tertiary/aromatic N) is 1. The summed E-state index contributed by atoms with van der Waals surface area (Å²) in [5.74, 6) is -0.249. The topological polar surface area (TPSA) is 60.2 Å². The smallest absolute Gasteiger partial charge is 0.206 e. The van der Waals surface area contributed by atoms with Gasteiger partial charge in [0.25, 0.3) is 0 Å². The van der Waals surface area contributed by atoms with Gasteiger partial charge in [0.1, 0.15) is 0 Å². The SMILES string of the molecule is Cc1ccc(C(=O)CC(C)C[N+](=O)[O-])cc1C. The van der Waals surface area contributed by atoms with Gasteiger partial charge in [0, 0.05) is 22.8 Å². The minimum Gasteiger partial charge on any atom is -0.294 e. The first kappa shape index (κ1) is 13.4. The van der Waals surface area contributed by atoms with Crippen molar-refractivity contribution in [2.24, 2.45) is 5.92 Å². The summed E-state index contributed by atoms with van der Waals surface area (Å²) in [6.45, 7) is 5.50. The Morgan fingerprint density at radius 2 is 2.00 bits per heavy atom. The second kappa shape index (κ2) is 5.57. The van der Waals surface area contributed by atoms with Crippen molar-refractivity contribution in [3.8, 4) is 0 Å². The lowest BCUT2D eigenvalue weighted by Crippen LogP contribution is -2.15. The molecule has 4 heteroatoms. The van der Waals surface area contributed by atoms with E-state index in [4.69, 9.17) is 0 Å². The van der Waals surface area contributed by atoms with Gasteiger partial charge in [-0.3, -0.25) is 14.9 Å². The van der Waals surface area contributed by atoms with Crippen LogP contribution in [0, 0.1) is 29.9 Å². The van der Waals surface area contributed by atoms with Gasteiger partial charge in [-0.05, 0) is 31.0 Å². The molecular formula is C13H17NO3. The van der Waals surface area contributed by atoms with Gasteiger partial charge in [-0.15, -0.1) is 0 Å². The van der Waals surface area contributed by atoms with E-state index in [0.717, 1.165) is 11.1 Å². The van der Waals surface area contributed by atoms with E-state index in [1.807, 2.05) is 26.0 Å². The van der Waals surface area contributed by atoms with Crippen LogP contribution in [-0.4, -0.2) is 17.3 Å². The molecule has 0 bridgehead atoms. The fraction of sp³-hybridized carbons (Fsp3) is 0.462. The fourth-order valence-corrected chi connectivity index (χ4v) is 1.67. The molecule has 1 unspecified atom stereocenters. The minimum absolute atomic E-state index is 0.0255. The Hall–Kier alpha value is -1.71. The van der Waals surface area contributed by atoms with Crippen molar-refractivity contribution in [2.75, 3.05) is 6.54 Å². The zero-order chi connectivity index (χ0) is 13.0. The van der Waals surface area contributed by atoms with E-state index in [2.05, 4.69) is 0 Å². The second-order valence-corrected chi connectivity index (χ2v) is 4.55. The second-order valence-electron chi connectivity index (χ2n) is 4.55. The molecular weight excluding hydrogens is 218 g/mol. The quantitative estimate of drug-likeness (QED) is 0.448. The summed E-state index contributed by atoms with van der Waals surface area (Å²) in [6.07, 6.45) is 0.226. The normalized spacial score (nSPS) is 12.2. The third-order valence-electron chi connectivity index (χ3n) is 2.82. The number of hydrogen-bond donors (Lipinski definition) is 0. The minimum atomic E-state index is -0.377. The highest BCUT2D eigenvalue weighted by Crippen LogP contribution is 2.14. The van der Waals surface area contributed by atoms with Gasteiger partial charge in [0.15, 0.2) is 5.78 Å². The number of benzene rings is 1. The average molecular weight is 235 g/mol. The standard InChI is InChI=1S/C13H17NO3/c1-9(8-14(16)17)6-13(15)12-5-4-10(2)11(3)7-12/h4-5,7,9H,6,8H2,1-3H3. The van der Waals surface area contributed by atoms with Gasteiger partial charge in [-0.1, -0.05) is 19.1 Å². The maximum absolute atomic E-state index is 11.9. The van der Waals surface area contributed by atoms with E-state index in [0.29, 0.717) is 5.56 Å². The molecule has 0 N–H and O–H groups in total. The third kappa shape index (κ3) is 3.98. The molecule has 1 aromatic rings. The van der Waals surface area contributed by atoms with Crippen LogP contribution < -0.4 is 0 Å². The highest BCUT2D eigenvalue weighted by atomic mass is 16.6. The average Bonchev–Trinajstić information content (AvgIpc) is 2.20. The van der Waals surface area contributed by atoms with Crippen molar-refractivity contribution in [1.29, 1.82) is 0 Å². The monoisotopic (exact) mass is 235 g/mol. The Morgan fingerprint density at radius 1 is 1.35 bits per heavy atom. The van der Waals surface area contributed by atoms with Crippen LogP contribution in [-0.2, 0) is 0 Å². The van der Waals surface area contributed by atoms with Gasteiger partial charge in [0.2, 0.25) is 6.54 Å². The molecule has 1 atom stereocenters. The maximum atomic E-state index is 11.9. The third-order valence-corrected chi connectivity index (χ3v) is 2.82. The van der Waals surface area contributed by atoms with Gasteiger partial charge >= 0.3 is 0 Å². The van der Waals surface area contributed by atoms with Gasteiger partial charge < -0.3 is 0 Å². The van der Waals surface area contributed by atoms with Gasteiger partial charge in [-0.25, -0.2) is 0 Å². The molecule has 0 saturated carbocycles. The van der Waals surface area contributed by atoms with Crippen LogP contribution in [0.1, 0.15) is 34.8 Å². The Morgan fingerprint density at radius 3 is 2.53 bits per heavy atom. The zero-order valence-electron chi connectivity index (χ0n) is 10.4. The molecule has 0 heterocycles. The summed E-state index contributed by atoms with van der Waals surface area (Å²) in [5, 5.41) is 10.3. The Balaban J connectivity index is 2.70. The van der Waals surface area contributed by atoms with Crippen LogP contribution in [0.25, 0.3) is 0 Å². The number of rotatable bonds is 5. The lowest BCUT2D eigenvalue weighted by molar-refractivity contribution is -0.487. The molecule has 1 aromatic carbocycles. The maximum Gasteiger partial charge on any atom is 0.206 e. The predicted octanol–water partition coefficient (Wildman–Crippen LogP) is 2.79. The van der Waals surface area contributed by atoms with Crippen LogP contribution in [0.2, 0.25) is 0 Å². The highest BCUT2D eigenvalue weighted by Gasteiger charge is 2.15. The van der Waals surface area contributed by atoms with Crippen molar-refractivity contribution in [3.05, 3.63) is 45.0 Å². The number of carbonyl (C=O) groups excluding carboxylic acids is 1. The predicted molar refractivity (Wildman–Crippen MR) is 65.9 cm³/mol. The van der Waals surface area contributed by atoms with Crippen molar-refractivity contribution >= 4 is 5.78 Å². The lowest BCUT2D eigenvalue weighted by atomic mass is 9.97. The zero-order valence-corrected chi connectivity index (χ0v) is 10.4. The van der Waals surface area contributed by atoms with Crippen LogP contribution in [0.5, 0.6) is 0 Å². The number of carbonyl (C=O) groups is 1. The van der Waals surface area contributed by atoms with Crippen LogP contribution in [0.4, 0.5) is 0 Å². The van der Waals surface area contributed by atoms with Gasteiger partial charge in [-0.2, -0.15) is 0 Å². The molecule has 92 valence electrons. The lowest BCUT2D eigenvalue weighted by Gasteiger charge is -2.07. The Labute approximate surface area is 101 Å². The number of Topliss-reactive ketones (excluding diaryl/α,β-unsaturated/α-hetero) is 1. The molecule has 0 aliphatic carbocycles. The first-order valence-electron chi connectivity index (χ1n) is 5.62. The fourth-order valence-electron chi connectivity index (χ4n) is 1.67. The number of hydrogen-bond acceptors (Lipinski definition) is 3. The molecule has 17 heavy (non-hydrogen) atoms. The summed E-state index contributed by atoms with van der Waals surface area (Å²) in [5.41, 5.74) is 2.85. The molecule has 4 nitrogen and oxygen atoms in total. The van der Waals surface area contributed by atoms with Gasteiger partial charge in [0.05, 0.1) is 0 Å². The summed E-state index contributed by atoms with van der Waals surface area (Å²) in [4.78, 5) is 21.8. The van der Waals surface area contributed by atoms with E-state index >= 15 is 0 Å². The van der Waals surface area contributed by atoms with Crippen LogP contribution in [0.3, 0.4) is 0 Å². The number of aryl methyl sites for hydroxylation is 2. The van der Waals surface area contributed by atoms with Crippen molar-refractivity contribution in [3.63, 3.8) is 0 Å². The van der Waals surface area contributed by atoms with E-state index in [1.165, 1.54) is 0 Å². The summed E-state index contributed by atoms with van der Waals surface area (Å²) < 4.78 is 0. The first-order valence-corrected chi connectivity index (χ1v) is 5.62. The van der Waals surface area contributed by atoms with Crippen LogP contribution >= 0.6 is 0 Å². The molecule has 0 fully saturated rings.